The van der Waals surface area contributed by atoms with Crippen LogP contribution in [-0.2, 0) is 0 Å². The van der Waals surface area contributed by atoms with Crippen molar-refractivity contribution in [2.45, 2.75) is 25.3 Å². The molecule has 1 aromatic carbocycles. The zero-order valence-corrected chi connectivity index (χ0v) is 9.50. The lowest BCUT2D eigenvalue weighted by molar-refractivity contribution is 0.455. The molecule has 1 fully saturated rings. The minimum atomic E-state index is 0.550. The van der Waals surface area contributed by atoms with E-state index in [4.69, 9.17) is 11.6 Å². The Kier molecular flexibility index (Phi) is 3.81. The molecular formula is C13H16ClN. The fraction of sp³-hybridized carbons (Fsp3) is 0.385. The summed E-state index contributed by atoms with van der Waals surface area (Å²) in [6.45, 7) is 1.15. The Morgan fingerprint density at radius 3 is 2.67 bits per heavy atom. The molecule has 0 amide bonds. The van der Waals surface area contributed by atoms with Gasteiger partial charge in [0.25, 0.3) is 0 Å². The van der Waals surface area contributed by atoms with Gasteiger partial charge in [-0.25, -0.2) is 0 Å². The molecule has 0 aromatic heterocycles. The largest absolute Gasteiger partial charge is 0.311 e. The SMILES string of the molecule is Clc1ccc(/C=C/C2CCCCN2)cc1. The molecule has 0 saturated carbocycles. The first kappa shape index (κ1) is 10.7. The van der Waals surface area contributed by atoms with E-state index in [1.54, 1.807) is 0 Å². The van der Waals surface area contributed by atoms with Gasteiger partial charge < -0.3 is 5.32 Å². The van der Waals surface area contributed by atoms with Crippen LogP contribution >= 0.6 is 11.6 Å². The second-order valence-electron chi connectivity index (χ2n) is 3.97. The molecule has 1 N–H and O–H groups in total. The molecule has 1 atom stereocenters. The Balaban J connectivity index is 1.95. The fourth-order valence-electron chi connectivity index (χ4n) is 1.84. The average Bonchev–Trinajstić information content (AvgIpc) is 2.30. The predicted octanol–water partition coefficient (Wildman–Crippen LogP) is 3.50. The topological polar surface area (TPSA) is 12.0 Å². The fourth-order valence-corrected chi connectivity index (χ4v) is 1.97. The van der Waals surface area contributed by atoms with Crippen LogP contribution in [-0.4, -0.2) is 12.6 Å². The number of hydrogen-bond acceptors (Lipinski definition) is 1. The summed E-state index contributed by atoms with van der Waals surface area (Å²) in [7, 11) is 0. The maximum Gasteiger partial charge on any atom is 0.0406 e. The molecular weight excluding hydrogens is 206 g/mol. The average molecular weight is 222 g/mol. The molecule has 0 aliphatic carbocycles. The molecule has 80 valence electrons. The van der Waals surface area contributed by atoms with Crippen molar-refractivity contribution in [2.75, 3.05) is 6.54 Å². The van der Waals surface area contributed by atoms with Crippen LogP contribution in [0.4, 0.5) is 0 Å². The molecule has 15 heavy (non-hydrogen) atoms. The summed E-state index contributed by atoms with van der Waals surface area (Å²) in [5, 5.41) is 4.28. The van der Waals surface area contributed by atoms with Gasteiger partial charge >= 0.3 is 0 Å². The number of hydrogen-bond donors (Lipinski definition) is 1. The van der Waals surface area contributed by atoms with E-state index in [1.165, 1.54) is 24.8 Å². The number of benzene rings is 1. The number of halogens is 1. The van der Waals surface area contributed by atoms with Crippen molar-refractivity contribution in [1.82, 2.24) is 5.32 Å². The lowest BCUT2D eigenvalue weighted by atomic mass is 10.0. The predicted molar refractivity (Wildman–Crippen MR) is 66.1 cm³/mol. The monoisotopic (exact) mass is 221 g/mol. The van der Waals surface area contributed by atoms with Crippen LogP contribution < -0.4 is 5.32 Å². The Bertz CT molecular complexity index is 323. The van der Waals surface area contributed by atoms with Gasteiger partial charge in [-0.05, 0) is 37.1 Å². The van der Waals surface area contributed by atoms with Gasteiger partial charge in [-0.1, -0.05) is 42.3 Å². The summed E-state index contributed by atoms with van der Waals surface area (Å²) in [6, 6.07) is 8.49. The molecule has 1 heterocycles. The van der Waals surface area contributed by atoms with E-state index < -0.39 is 0 Å². The van der Waals surface area contributed by atoms with Crippen LogP contribution in [0.3, 0.4) is 0 Å². The first-order valence-corrected chi connectivity index (χ1v) is 5.89. The molecule has 1 unspecified atom stereocenters. The molecule has 0 radical (unpaired) electrons. The molecule has 2 heteroatoms. The molecule has 1 nitrogen and oxygen atoms in total. The maximum atomic E-state index is 5.82. The van der Waals surface area contributed by atoms with Crippen LogP contribution in [0.5, 0.6) is 0 Å². The molecule has 0 spiro atoms. The van der Waals surface area contributed by atoms with Crippen LogP contribution in [0.2, 0.25) is 5.02 Å². The lowest BCUT2D eigenvalue weighted by Gasteiger charge is -2.19. The summed E-state index contributed by atoms with van der Waals surface area (Å²) in [4.78, 5) is 0. The van der Waals surface area contributed by atoms with Gasteiger partial charge in [0.15, 0.2) is 0 Å². The third-order valence-corrected chi connectivity index (χ3v) is 2.99. The highest BCUT2D eigenvalue weighted by molar-refractivity contribution is 6.30. The first-order chi connectivity index (χ1) is 7.34. The van der Waals surface area contributed by atoms with Gasteiger partial charge in [0.05, 0.1) is 0 Å². The zero-order chi connectivity index (χ0) is 10.5. The van der Waals surface area contributed by atoms with Gasteiger partial charge in [-0.3, -0.25) is 0 Å². The third-order valence-electron chi connectivity index (χ3n) is 2.74. The van der Waals surface area contributed by atoms with E-state index in [-0.39, 0.29) is 0 Å². The van der Waals surface area contributed by atoms with E-state index in [0.29, 0.717) is 6.04 Å². The van der Waals surface area contributed by atoms with Crippen LogP contribution in [0.25, 0.3) is 6.08 Å². The Hall–Kier alpha value is -0.790. The Morgan fingerprint density at radius 1 is 1.20 bits per heavy atom. The van der Waals surface area contributed by atoms with Crippen molar-refractivity contribution in [3.63, 3.8) is 0 Å². The smallest absolute Gasteiger partial charge is 0.0406 e. The minimum Gasteiger partial charge on any atom is -0.311 e. The second-order valence-corrected chi connectivity index (χ2v) is 4.40. The van der Waals surface area contributed by atoms with E-state index in [0.717, 1.165) is 11.6 Å². The first-order valence-electron chi connectivity index (χ1n) is 5.52. The molecule has 1 aromatic rings. The van der Waals surface area contributed by atoms with Crippen molar-refractivity contribution in [3.8, 4) is 0 Å². The molecule has 2 rings (SSSR count). The van der Waals surface area contributed by atoms with Crippen molar-refractivity contribution in [3.05, 3.63) is 40.9 Å². The Labute approximate surface area is 96.1 Å². The number of nitrogens with one attached hydrogen (secondary N) is 1. The van der Waals surface area contributed by atoms with Crippen LogP contribution in [0.1, 0.15) is 24.8 Å². The summed E-state index contributed by atoms with van der Waals surface area (Å²) in [5.74, 6) is 0. The van der Waals surface area contributed by atoms with Crippen LogP contribution in [0.15, 0.2) is 30.3 Å². The second kappa shape index (κ2) is 5.34. The Morgan fingerprint density at radius 2 is 2.00 bits per heavy atom. The highest BCUT2D eigenvalue weighted by Gasteiger charge is 2.07. The van der Waals surface area contributed by atoms with Crippen molar-refractivity contribution in [2.24, 2.45) is 0 Å². The minimum absolute atomic E-state index is 0.550. The standard InChI is InChI=1S/C13H16ClN/c14-12-7-4-11(5-8-12)6-9-13-3-1-2-10-15-13/h4-9,13,15H,1-3,10H2/b9-6+. The van der Waals surface area contributed by atoms with Gasteiger partial charge in [-0.2, -0.15) is 0 Å². The highest BCUT2D eigenvalue weighted by Crippen LogP contribution is 2.13. The van der Waals surface area contributed by atoms with Crippen molar-refractivity contribution < 1.29 is 0 Å². The summed E-state index contributed by atoms with van der Waals surface area (Å²) in [5.41, 5.74) is 1.21. The molecule has 1 saturated heterocycles. The van der Waals surface area contributed by atoms with Crippen LogP contribution in [0, 0.1) is 0 Å². The molecule has 1 aliphatic rings. The summed E-state index contributed by atoms with van der Waals surface area (Å²) >= 11 is 5.82. The number of piperidine rings is 1. The summed E-state index contributed by atoms with van der Waals surface area (Å²) < 4.78 is 0. The van der Waals surface area contributed by atoms with Crippen molar-refractivity contribution >= 4 is 17.7 Å². The summed E-state index contributed by atoms with van der Waals surface area (Å²) in [6.07, 6.45) is 8.32. The van der Waals surface area contributed by atoms with E-state index >= 15 is 0 Å². The van der Waals surface area contributed by atoms with E-state index in [9.17, 15) is 0 Å². The lowest BCUT2D eigenvalue weighted by Crippen LogP contribution is -2.31. The highest BCUT2D eigenvalue weighted by atomic mass is 35.5. The maximum absolute atomic E-state index is 5.82. The zero-order valence-electron chi connectivity index (χ0n) is 8.75. The normalized spacial score (nSPS) is 22.1. The molecule has 1 aliphatic heterocycles. The third kappa shape index (κ3) is 3.37. The molecule has 0 bridgehead atoms. The van der Waals surface area contributed by atoms with Gasteiger partial charge in [0, 0.05) is 11.1 Å². The van der Waals surface area contributed by atoms with Gasteiger partial charge in [0.1, 0.15) is 0 Å². The van der Waals surface area contributed by atoms with E-state index in [1.807, 2.05) is 24.3 Å². The number of rotatable bonds is 2. The van der Waals surface area contributed by atoms with E-state index in [2.05, 4.69) is 17.5 Å². The van der Waals surface area contributed by atoms with Gasteiger partial charge in [-0.15, -0.1) is 0 Å². The van der Waals surface area contributed by atoms with Crippen molar-refractivity contribution in [1.29, 1.82) is 0 Å². The quantitative estimate of drug-likeness (QED) is 0.806. The van der Waals surface area contributed by atoms with Gasteiger partial charge in [0.2, 0.25) is 0 Å².